The van der Waals surface area contributed by atoms with E-state index in [1.165, 1.54) is 0 Å². The number of carbonyl (C=O) groups is 1. The van der Waals surface area contributed by atoms with E-state index < -0.39 is 0 Å². The van der Waals surface area contributed by atoms with Crippen molar-refractivity contribution in [3.05, 3.63) is 41.8 Å². The predicted molar refractivity (Wildman–Crippen MR) is 78.8 cm³/mol. The molecule has 0 aliphatic carbocycles. The van der Waals surface area contributed by atoms with Crippen LogP contribution in [0.3, 0.4) is 0 Å². The Labute approximate surface area is 122 Å². The lowest BCUT2D eigenvalue weighted by atomic mass is 10.1. The Balaban J connectivity index is 1.99. The Hall–Kier alpha value is -2.56. The Bertz CT molecular complexity index is 808. The molecule has 0 radical (unpaired) electrons. The summed E-state index contributed by atoms with van der Waals surface area (Å²) < 4.78 is 5.12. The fourth-order valence-corrected chi connectivity index (χ4v) is 2.19. The number of nitrogens with zero attached hydrogens (tertiary/aromatic N) is 3. The maximum Gasteiger partial charge on any atom is 0.234 e. The van der Waals surface area contributed by atoms with Gasteiger partial charge in [0.25, 0.3) is 0 Å². The van der Waals surface area contributed by atoms with Gasteiger partial charge in [-0.2, -0.15) is 4.98 Å². The number of para-hydroxylation sites is 1. The van der Waals surface area contributed by atoms with Gasteiger partial charge in [0.1, 0.15) is 11.5 Å². The number of rotatable bonds is 4. The second-order valence-electron chi connectivity index (χ2n) is 4.92. The molecule has 0 bridgehead atoms. The van der Waals surface area contributed by atoms with Crippen molar-refractivity contribution in [2.45, 2.75) is 26.7 Å². The molecule has 1 aromatic carbocycles. The summed E-state index contributed by atoms with van der Waals surface area (Å²) >= 11 is 0. The summed E-state index contributed by atoms with van der Waals surface area (Å²) in [6.07, 6.45) is 0.640. The fourth-order valence-electron chi connectivity index (χ4n) is 2.19. The molecule has 0 unspecified atom stereocenters. The monoisotopic (exact) mass is 281 g/mol. The largest absolute Gasteiger partial charge is 0.338 e. The number of benzene rings is 1. The number of hydrogen-bond donors (Lipinski definition) is 0. The van der Waals surface area contributed by atoms with Crippen molar-refractivity contribution in [2.24, 2.45) is 0 Å². The molecule has 0 spiro atoms. The molecule has 2 aromatic heterocycles. The first-order valence-electron chi connectivity index (χ1n) is 6.88. The highest BCUT2D eigenvalue weighted by Crippen LogP contribution is 2.22. The zero-order chi connectivity index (χ0) is 14.8. The normalized spacial score (nSPS) is 11.0. The number of carbonyl (C=O) groups excluding carboxylic acids is 1. The van der Waals surface area contributed by atoms with E-state index in [1.54, 1.807) is 0 Å². The van der Waals surface area contributed by atoms with Crippen molar-refractivity contribution < 1.29 is 9.32 Å². The maximum atomic E-state index is 11.4. The van der Waals surface area contributed by atoms with Crippen LogP contribution in [0.25, 0.3) is 22.4 Å². The molecule has 0 saturated heterocycles. The summed E-state index contributed by atoms with van der Waals surface area (Å²) in [6.45, 7) is 3.84. The van der Waals surface area contributed by atoms with Crippen molar-refractivity contribution in [1.29, 1.82) is 0 Å². The molecule has 106 valence electrons. The molecule has 0 saturated carbocycles. The zero-order valence-electron chi connectivity index (χ0n) is 12.0. The van der Waals surface area contributed by atoms with E-state index in [4.69, 9.17) is 4.52 Å². The van der Waals surface area contributed by atoms with Crippen LogP contribution in [-0.2, 0) is 11.2 Å². The number of fused-ring (bicyclic) bond motifs is 1. The van der Waals surface area contributed by atoms with Gasteiger partial charge in [-0.1, -0.05) is 30.3 Å². The Morgan fingerprint density at radius 1 is 1.24 bits per heavy atom. The molecule has 21 heavy (non-hydrogen) atoms. The average Bonchev–Trinajstić information content (AvgIpc) is 2.95. The number of hydrogen-bond acceptors (Lipinski definition) is 5. The molecule has 5 heteroatoms. The molecule has 0 aliphatic rings. The molecule has 0 atom stereocenters. The van der Waals surface area contributed by atoms with Crippen molar-refractivity contribution >= 4 is 16.7 Å². The minimum Gasteiger partial charge on any atom is -0.338 e. The smallest absolute Gasteiger partial charge is 0.234 e. The van der Waals surface area contributed by atoms with Crippen LogP contribution >= 0.6 is 0 Å². The van der Waals surface area contributed by atoms with Gasteiger partial charge in [0.05, 0.1) is 11.9 Å². The standard InChI is InChI=1S/C16H15N3O2/c1-3-11(20)9-15-18-16(19-21-15)14-8-10(2)12-6-4-5-7-13(12)17-14/h4-8H,3,9H2,1-2H3. The third-order valence-corrected chi connectivity index (χ3v) is 3.36. The number of aromatic nitrogens is 3. The summed E-state index contributed by atoms with van der Waals surface area (Å²) in [5.41, 5.74) is 2.65. The lowest BCUT2D eigenvalue weighted by molar-refractivity contribution is -0.118. The summed E-state index contributed by atoms with van der Waals surface area (Å²) in [6, 6.07) is 9.84. The van der Waals surface area contributed by atoms with Gasteiger partial charge in [0.15, 0.2) is 0 Å². The first kappa shape index (κ1) is 13.4. The van der Waals surface area contributed by atoms with Crippen LogP contribution in [0.4, 0.5) is 0 Å². The molecule has 0 fully saturated rings. The lowest BCUT2D eigenvalue weighted by Crippen LogP contribution is -2.00. The van der Waals surface area contributed by atoms with E-state index in [-0.39, 0.29) is 12.2 Å². The van der Waals surface area contributed by atoms with Gasteiger partial charge in [-0.3, -0.25) is 4.79 Å². The molecular formula is C16H15N3O2. The molecule has 5 nitrogen and oxygen atoms in total. The second-order valence-corrected chi connectivity index (χ2v) is 4.92. The highest BCUT2D eigenvalue weighted by molar-refractivity contribution is 5.84. The van der Waals surface area contributed by atoms with Crippen molar-refractivity contribution in [2.75, 3.05) is 0 Å². The van der Waals surface area contributed by atoms with Crippen LogP contribution in [0.2, 0.25) is 0 Å². The predicted octanol–water partition coefficient (Wildman–Crippen LogP) is 3.11. The molecule has 0 aliphatic heterocycles. The quantitative estimate of drug-likeness (QED) is 0.735. The SMILES string of the molecule is CCC(=O)Cc1nc(-c2cc(C)c3ccccc3n2)no1. The second kappa shape index (κ2) is 5.44. The van der Waals surface area contributed by atoms with Gasteiger partial charge in [0, 0.05) is 11.8 Å². The number of ketones is 1. The topological polar surface area (TPSA) is 68.9 Å². The van der Waals surface area contributed by atoms with Gasteiger partial charge in [-0.15, -0.1) is 0 Å². The Morgan fingerprint density at radius 3 is 2.86 bits per heavy atom. The van der Waals surface area contributed by atoms with Gasteiger partial charge in [-0.25, -0.2) is 4.98 Å². The zero-order valence-corrected chi connectivity index (χ0v) is 12.0. The van der Waals surface area contributed by atoms with Gasteiger partial charge < -0.3 is 4.52 Å². The van der Waals surface area contributed by atoms with Crippen LogP contribution in [0, 0.1) is 6.92 Å². The summed E-state index contributed by atoms with van der Waals surface area (Å²) in [7, 11) is 0. The lowest BCUT2D eigenvalue weighted by Gasteiger charge is -2.03. The van der Waals surface area contributed by atoms with E-state index in [1.807, 2.05) is 44.2 Å². The molecule has 3 rings (SSSR count). The van der Waals surface area contributed by atoms with Gasteiger partial charge >= 0.3 is 0 Å². The van der Waals surface area contributed by atoms with Gasteiger partial charge in [0.2, 0.25) is 11.7 Å². The van der Waals surface area contributed by atoms with Crippen molar-refractivity contribution in [3.63, 3.8) is 0 Å². The minimum absolute atomic E-state index is 0.0767. The van der Waals surface area contributed by atoms with E-state index in [0.717, 1.165) is 16.5 Å². The number of aryl methyl sites for hydroxylation is 1. The van der Waals surface area contributed by atoms with E-state index in [0.29, 0.717) is 23.8 Å². The van der Waals surface area contributed by atoms with E-state index in [2.05, 4.69) is 15.1 Å². The van der Waals surface area contributed by atoms with Crippen LogP contribution in [-0.4, -0.2) is 20.9 Å². The summed E-state index contributed by atoms with van der Waals surface area (Å²) in [5.74, 6) is 0.833. The summed E-state index contributed by atoms with van der Waals surface area (Å²) in [4.78, 5) is 20.2. The van der Waals surface area contributed by atoms with Crippen LogP contribution in [0.15, 0.2) is 34.9 Å². The fraction of sp³-hybridized carbons (Fsp3) is 0.250. The molecule has 0 N–H and O–H groups in total. The first-order valence-corrected chi connectivity index (χ1v) is 6.88. The highest BCUT2D eigenvalue weighted by Gasteiger charge is 2.13. The van der Waals surface area contributed by atoms with Crippen LogP contribution in [0.5, 0.6) is 0 Å². The van der Waals surface area contributed by atoms with Crippen molar-refractivity contribution in [1.82, 2.24) is 15.1 Å². The first-order chi connectivity index (χ1) is 10.2. The third kappa shape index (κ3) is 2.67. The Kier molecular flexibility index (Phi) is 3.48. The number of pyridine rings is 1. The molecule has 2 heterocycles. The van der Waals surface area contributed by atoms with Crippen LogP contribution < -0.4 is 0 Å². The van der Waals surface area contributed by atoms with E-state index >= 15 is 0 Å². The minimum atomic E-state index is 0.0767. The van der Waals surface area contributed by atoms with Gasteiger partial charge in [-0.05, 0) is 24.6 Å². The number of Topliss-reactive ketones (excluding diaryl/α,β-unsaturated/α-hetero) is 1. The van der Waals surface area contributed by atoms with E-state index in [9.17, 15) is 4.79 Å². The molecule has 0 amide bonds. The highest BCUT2D eigenvalue weighted by atomic mass is 16.5. The molecular weight excluding hydrogens is 266 g/mol. The Morgan fingerprint density at radius 2 is 2.05 bits per heavy atom. The van der Waals surface area contributed by atoms with Crippen molar-refractivity contribution in [3.8, 4) is 11.5 Å². The average molecular weight is 281 g/mol. The summed E-state index contributed by atoms with van der Waals surface area (Å²) in [5, 5.41) is 5.02. The van der Waals surface area contributed by atoms with Crippen LogP contribution in [0.1, 0.15) is 24.8 Å². The third-order valence-electron chi connectivity index (χ3n) is 3.36. The molecule has 3 aromatic rings. The maximum absolute atomic E-state index is 11.4.